The van der Waals surface area contributed by atoms with Gasteiger partial charge in [0.2, 0.25) is 5.95 Å². The summed E-state index contributed by atoms with van der Waals surface area (Å²) in [5.41, 5.74) is 0.765. The number of nitrogens with one attached hydrogen (secondary N) is 1. The molecule has 0 unspecified atom stereocenters. The first-order valence-corrected chi connectivity index (χ1v) is 5.58. The highest BCUT2D eigenvalue weighted by Gasteiger charge is 2.07. The molecule has 88 valence electrons. The second-order valence-electron chi connectivity index (χ2n) is 3.52. The molecule has 0 saturated carbocycles. The fourth-order valence-electron chi connectivity index (χ4n) is 1.41. The zero-order chi connectivity index (χ0) is 12.1. The van der Waals surface area contributed by atoms with Gasteiger partial charge in [0.1, 0.15) is 0 Å². The van der Waals surface area contributed by atoms with Gasteiger partial charge < -0.3 is 10.4 Å². The lowest BCUT2D eigenvalue weighted by molar-refractivity contribution is 0.191. The van der Waals surface area contributed by atoms with Crippen LogP contribution >= 0.6 is 11.6 Å². The van der Waals surface area contributed by atoms with Crippen LogP contribution in [0.3, 0.4) is 0 Å². The van der Waals surface area contributed by atoms with E-state index in [4.69, 9.17) is 11.6 Å². The lowest BCUT2D eigenvalue weighted by Gasteiger charge is -2.12. The van der Waals surface area contributed by atoms with E-state index < -0.39 is 6.10 Å². The Labute approximate surface area is 104 Å². The number of aliphatic hydroxyl groups excluding tert-OH is 1. The van der Waals surface area contributed by atoms with Crippen molar-refractivity contribution in [2.24, 2.45) is 0 Å². The molecule has 0 radical (unpaired) electrons. The zero-order valence-corrected chi connectivity index (χ0v) is 9.80. The van der Waals surface area contributed by atoms with E-state index >= 15 is 0 Å². The molecule has 2 rings (SSSR count). The van der Waals surface area contributed by atoms with Crippen LogP contribution in [0, 0.1) is 0 Å². The van der Waals surface area contributed by atoms with Gasteiger partial charge in [0, 0.05) is 24.0 Å². The highest BCUT2D eigenvalue weighted by molar-refractivity contribution is 6.30. The molecular weight excluding hydrogens is 238 g/mol. The van der Waals surface area contributed by atoms with Gasteiger partial charge in [0.25, 0.3) is 0 Å². The molecule has 4 nitrogen and oxygen atoms in total. The topological polar surface area (TPSA) is 58.0 Å². The minimum absolute atomic E-state index is 0.338. The molecule has 0 aliphatic carbocycles. The monoisotopic (exact) mass is 249 g/mol. The number of anilines is 1. The molecule has 0 saturated heterocycles. The van der Waals surface area contributed by atoms with Crippen LogP contribution < -0.4 is 5.32 Å². The Bertz CT molecular complexity index is 478. The van der Waals surface area contributed by atoms with E-state index in [0.717, 1.165) is 5.56 Å². The Balaban J connectivity index is 1.96. The van der Waals surface area contributed by atoms with E-state index in [9.17, 15) is 5.11 Å². The smallest absolute Gasteiger partial charge is 0.222 e. The molecule has 5 heteroatoms. The molecule has 1 heterocycles. The van der Waals surface area contributed by atoms with Crippen molar-refractivity contribution < 1.29 is 5.11 Å². The fraction of sp³-hybridized carbons (Fsp3) is 0.167. The van der Waals surface area contributed by atoms with Crippen LogP contribution in [-0.4, -0.2) is 21.6 Å². The molecule has 1 atom stereocenters. The summed E-state index contributed by atoms with van der Waals surface area (Å²) in [6, 6.07) is 8.87. The van der Waals surface area contributed by atoms with Crippen molar-refractivity contribution in [2.45, 2.75) is 6.10 Å². The van der Waals surface area contributed by atoms with Gasteiger partial charge in [-0.1, -0.05) is 23.7 Å². The Morgan fingerprint density at radius 2 is 2.00 bits per heavy atom. The van der Waals surface area contributed by atoms with Crippen LogP contribution in [0.15, 0.2) is 42.7 Å². The number of halogens is 1. The average Bonchev–Trinajstić information content (AvgIpc) is 2.37. The van der Waals surface area contributed by atoms with Gasteiger partial charge in [-0.25, -0.2) is 9.97 Å². The predicted octanol–water partition coefficient (Wildman–Crippen LogP) is 2.28. The van der Waals surface area contributed by atoms with E-state index in [2.05, 4.69) is 15.3 Å². The van der Waals surface area contributed by atoms with E-state index in [1.165, 1.54) is 0 Å². The normalized spacial score (nSPS) is 12.1. The first-order chi connectivity index (χ1) is 8.25. The van der Waals surface area contributed by atoms with E-state index in [-0.39, 0.29) is 0 Å². The van der Waals surface area contributed by atoms with Gasteiger partial charge in [-0.05, 0) is 23.8 Å². The molecule has 0 fully saturated rings. The Morgan fingerprint density at radius 1 is 1.24 bits per heavy atom. The van der Waals surface area contributed by atoms with Gasteiger partial charge in [-0.15, -0.1) is 0 Å². The van der Waals surface area contributed by atoms with Crippen LogP contribution in [-0.2, 0) is 0 Å². The summed E-state index contributed by atoms with van der Waals surface area (Å²) >= 11 is 5.85. The summed E-state index contributed by atoms with van der Waals surface area (Å²) in [4.78, 5) is 8.01. The van der Waals surface area contributed by atoms with Gasteiger partial charge >= 0.3 is 0 Å². The third-order valence-corrected chi connectivity index (χ3v) is 2.49. The van der Waals surface area contributed by atoms with Crippen molar-refractivity contribution in [3.8, 4) is 0 Å². The number of nitrogens with zero attached hydrogens (tertiary/aromatic N) is 2. The summed E-state index contributed by atoms with van der Waals surface area (Å²) < 4.78 is 0. The summed E-state index contributed by atoms with van der Waals surface area (Å²) in [5.74, 6) is 0.494. The van der Waals surface area contributed by atoms with Crippen LogP contribution in [0.5, 0.6) is 0 Å². The lowest BCUT2D eigenvalue weighted by Crippen LogP contribution is -2.13. The fourth-order valence-corrected chi connectivity index (χ4v) is 1.61. The number of hydrogen-bond donors (Lipinski definition) is 2. The minimum atomic E-state index is -0.641. The standard InChI is InChI=1S/C12H12ClN3O/c13-10-4-1-3-9(7-10)11(17)8-16-12-14-5-2-6-15-12/h1-7,11,17H,8H2,(H,14,15,16)/t11-/m1/s1. The molecule has 1 aromatic heterocycles. The molecule has 0 aliphatic rings. The molecule has 0 spiro atoms. The third kappa shape index (κ3) is 3.41. The second-order valence-corrected chi connectivity index (χ2v) is 3.96. The molecule has 17 heavy (non-hydrogen) atoms. The summed E-state index contributed by atoms with van der Waals surface area (Å²) in [7, 11) is 0. The number of rotatable bonds is 4. The van der Waals surface area contributed by atoms with Crippen LogP contribution in [0.1, 0.15) is 11.7 Å². The van der Waals surface area contributed by atoms with Gasteiger partial charge in [-0.2, -0.15) is 0 Å². The van der Waals surface area contributed by atoms with Gasteiger partial charge in [0.05, 0.1) is 6.10 Å². The maximum absolute atomic E-state index is 9.93. The van der Waals surface area contributed by atoms with Crippen molar-refractivity contribution in [1.29, 1.82) is 0 Å². The lowest BCUT2D eigenvalue weighted by atomic mass is 10.1. The summed E-state index contributed by atoms with van der Waals surface area (Å²) in [6.07, 6.45) is 2.64. The van der Waals surface area contributed by atoms with E-state index in [0.29, 0.717) is 17.5 Å². The third-order valence-electron chi connectivity index (χ3n) is 2.25. The molecule has 2 aromatic rings. The van der Waals surface area contributed by atoms with Crippen molar-refractivity contribution in [1.82, 2.24) is 9.97 Å². The number of hydrogen-bond acceptors (Lipinski definition) is 4. The zero-order valence-electron chi connectivity index (χ0n) is 9.05. The average molecular weight is 250 g/mol. The highest BCUT2D eigenvalue weighted by atomic mass is 35.5. The number of aliphatic hydroxyl groups is 1. The molecular formula is C12H12ClN3O. The summed E-state index contributed by atoms with van der Waals surface area (Å²) in [5, 5.41) is 13.5. The molecule has 0 bridgehead atoms. The number of aromatic nitrogens is 2. The molecule has 1 aromatic carbocycles. The van der Waals surface area contributed by atoms with Crippen molar-refractivity contribution >= 4 is 17.5 Å². The van der Waals surface area contributed by atoms with Crippen molar-refractivity contribution in [2.75, 3.05) is 11.9 Å². The summed E-state index contributed by atoms with van der Waals surface area (Å²) in [6.45, 7) is 0.338. The second kappa shape index (κ2) is 5.61. The molecule has 0 aliphatic heterocycles. The maximum atomic E-state index is 9.93. The van der Waals surface area contributed by atoms with Crippen LogP contribution in [0.25, 0.3) is 0 Å². The quantitative estimate of drug-likeness (QED) is 0.873. The Hall–Kier alpha value is -1.65. The minimum Gasteiger partial charge on any atom is -0.387 e. The van der Waals surface area contributed by atoms with E-state index in [1.807, 2.05) is 6.07 Å². The van der Waals surface area contributed by atoms with Gasteiger partial charge in [-0.3, -0.25) is 0 Å². The van der Waals surface area contributed by atoms with Crippen molar-refractivity contribution in [3.05, 3.63) is 53.3 Å². The molecule has 0 amide bonds. The first-order valence-electron chi connectivity index (χ1n) is 5.20. The van der Waals surface area contributed by atoms with Crippen molar-refractivity contribution in [3.63, 3.8) is 0 Å². The predicted molar refractivity (Wildman–Crippen MR) is 66.9 cm³/mol. The maximum Gasteiger partial charge on any atom is 0.222 e. The Kier molecular flexibility index (Phi) is 3.90. The molecule has 2 N–H and O–H groups in total. The number of benzene rings is 1. The Morgan fingerprint density at radius 3 is 2.71 bits per heavy atom. The van der Waals surface area contributed by atoms with Gasteiger partial charge in [0.15, 0.2) is 0 Å². The van der Waals surface area contributed by atoms with Crippen LogP contribution in [0.4, 0.5) is 5.95 Å². The highest BCUT2D eigenvalue weighted by Crippen LogP contribution is 2.17. The van der Waals surface area contributed by atoms with Crippen LogP contribution in [0.2, 0.25) is 5.02 Å². The first kappa shape index (κ1) is 11.8. The largest absolute Gasteiger partial charge is 0.387 e. The van der Waals surface area contributed by atoms with E-state index in [1.54, 1.807) is 36.7 Å². The SMILES string of the molecule is O[C@H](CNc1ncccn1)c1cccc(Cl)c1.